The molecule has 1 saturated heterocycles. The molecule has 0 N–H and O–H groups in total. The maximum absolute atomic E-state index is 13.8. The van der Waals surface area contributed by atoms with Crippen molar-refractivity contribution in [3.63, 3.8) is 0 Å². The molecule has 1 amide bonds. The highest BCUT2D eigenvalue weighted by molar-refractivity contribution is 7.89. The van der Waals surface area contributed by atoms with E-state index in [1.54, 1.807) is 17.0 Å². The van der Waals surface area contributed by atoms with Gasteiger partial charge in [0.05, 0.1) is 11.2 Å². The van der Waals surface area contributed by atoms with Crippen LogP contribution in [0.1, 0.15) is 86.5 Å². The van der Waals surface area contributed by atoms with Crippen molar-refractivity contribution in [1.29, 1.82) is 0 Å². The summed E-state index contributed by atoms with van der Waals surface area (Å²) in [6.07, 6.45) is 1.47. The molecule has 2 heterocycles. The van der Waals surface area contributed by atoms with Crippen LogP contribution in [0.4, 0.5) is 0 Å². The topological polar surface area (TPSA) is 70.8 Å². The Morgan fingerprint density at radius 1 is 0.903 bits per heavy atom. The SMILES string of the molecule is CC(C)c1cc(C(C)C)c(S(=O)(=O)N2CCN(C(=O)c3ccco3)CC2)c(C(C)C)c1. The van der Waals surface area contributed by atoms with Gasteiger partial charge in [-0.15, -0.1) is 0 Å². The lowest BCUT2D eigenvalue weighted by atomic mass is 9.89. The molecule has 31 heavy (non-hydrogen) atoms. The predicted molar refractivity (Wildman–Crippen MR) is 122 cm³/mol. The minimum Gasteiger partial charge on any atom is -0.459 e. The zero-order valence-electron chi connectivity index (χ0n) is 19.4. The van der Waals surface area contributed by atoms with Gasteiger partial charge < -0.3 is 9.32 Å². The number of nitrogens with zero attached hydrogens (tertiary/aromatic N) is 2. The van der Waals surface area contributed by atoms with Crippen LogP contribution in [0.15, 0.2) is 39.8 Å². The second kappa shape index (κ2) is 9.17. The third-order valence-electron chi connectivity index (χ3n) is 5.94. The van der Waals surface area contributed by atoms with Crippen LogP contribution >= 0.6 is 0 Å². The van der Waals surface area contributed by atoms with Crippen LogP contribution in [0.25, 0.3) is 0 Å². The fraction of sp³-hybridized carbons (Fsp3) is 0.542. The number of carbonyl (C=O) groups excluding carboxylic acids is 1. The quantitative estimate of drug-likeness (QED) is 0.639. The van der Waals surface area contributed by atoms with Gasteiger partial charge in [0.1, 0.15) is 0 Å². The number of sulfonamides is 1. The summed E-state index contributed by atoms with van der Waals surface area (Å²) < 4.78 is 34.4. The molecule has 1 fully saturated rings. The molecule has 2 aromatic rings. The lowest BCUT2D eigenvalue weighted by molar-refractivity contribution is 0.0666. The molecule has 3 rings (SSSR count). The zero-order chi connectivity index (χ0) is 22.9. The van der Waals surface area contributed by atoms with Crippen molar-refractivity contribution in [3.8, 4) is 0 Å². The molecule has 0 bridgehead atoms. The van der Waals surface area contributed by atoms with E-state index in [1.165, 1.54) is 16.1 Å². The predicted octanol–water partition coefficient (Wildman–Crippen LogP) is 4.80. The van der Waals surface area contributed by atoms with Gasteiger partial charge in [-0.05, 0) is 46.6 Å². The number of hydrogen-bond acceptors (Lipinski definition) is 4. The van der Waals surface area contributed by atoms with Gasteiger partial charge in [0.15, 0.2) is 5.76 Å². The summed E-state index contributed by atoms with van der Waals surface area (Å²) in [5.74, 6) is 0.576. The average molecular weight is 447 g/mol. The molecule has 1 aliphatic rings. The van der Waals surface area contributed by atoms with Crippen LogP contribution in [0.3, 0.4) is 0 Å². The fourth-order valence-electron chi connectivity index (χ4n) is 4.00. The van der Waals surface area contributed by atoms with Crippen molar-refractivity contribution in [2.24, 2.45) is 0 Å². The first-order valence-electron chi connectivity index (χ1n) is 11.0. The summed E-state index contributed by atoms with van der Waals surface area (Å²) in [5.41, 5.74) is 2.92. The Balaban J connectivity index is 1.94. The largest absolute Gasteiger partial charge is 0.459 e. The second-order valence-electron chi connectivity index (χ2n) is 9.17. The van der Waals surface area contributed by atoms with Crippen LogP contribution < -0.4 is 0 Å². The van der Waals surface area contributed by atoms with E-state index < -0.39 is 10.0 Å². The highest BCUT2D eigenvalue weighted by Crippen LogP contribution is 2.36. The molecule has 170 valence electrons. The van der Waals surface area contributed by atoms with Crippen LogP contribution in [0.2, 0.25) is 0 Å². The maximum atomic E-state index is 13.8. The van der Waals surface area contributed by atoms with E-state index >= 15 is 0 Å². The van der Waals surface area contributed by atoms with E-state index in [0.29, 0.717) is 23.9 Å². The molecule has 0 spiro atoms. The van der Waals surface area contributed by atoms with Crippen LogP contribution in [0, 0.1) is 0 Å². The number of carbonyl (C=O) groups is 1. The number of amides is 1. The van der Waals surface area contributed by atoms with Crippen molar-refractivity contribution in [2.75, 3.05) is 26.2 Å². The molecule has 0 radical (unpaired) electrons. The Hall–Kier alpha value is -2.12. The normalized spacial score (nSPS) is 16.0. The molecule has 0 atom stereocenters. The van der Waals surface area contributed by atoms with E-state index in [1.807, 2.05) is 27.7 Å². The summed E-state index contributed by atoms with van der Waals surface area (Å²) in [6, 6.07) is 7.43. The molecule has 0 unspecified atom stereocenters. The maximum Gasteiger partial charge on any atom is 0.289 e. The summed E-state index contributed by atoms with van der Waals surface area (Å²) in [5, 5.41) is 0. The van der Waals surface area contributed by atoms with E-state index in [2.05, 4.69) is 26.0 Å². The minimum atomic E-state index is -3.69. The van der Waals surface area contributed by atoms with Crippen molar-refractivity contribution in [3.05, 3.63) is 53.0 Å². The first-order chi connectivity index (χ1) is 14.5. The lowest BCUT2D eigenvalue weighted by Crippen LogP contribution is -2.50. The Bertz CT molecular complexity index is 987. The Morgan fingerprint density at radius 3 is 1.87 bits per heavy atom. The van der Waals surface area contributed by atoms with Crippen LogP contribution in [-0.4, -0.2) is 49.7 Å². The third kappa shape index (κ3) is 4.72. The monoisotopic (exact) mass is 446 g/mol. The summed E-state index contributed by atoms with van der Waals surface area (Å²) >= 11 is 0. The van der Waals surface area contributed by atoms with E-state index in [9.17, 15) is 13.2 Å². The molecular formula is C24H34N2O4S. The lowest BCUT2D eigenvalue weighted by Gasteiger charge is -2.35. The Labute approximate surface area is 186 Å². The third-order valence-corrected chi connectivity index (χ3v) is 7.97. The van der Waals surface area contributed by atoms with E-state index in [4.69, 9.17) is 4.42 Å². The van der Waals surface area contributed by atoms with E-state index in [0.717, 1.165) is 11.1 Å². The Kier molecular flexibility index (Phi) is 6.96. The summed E-state index contributed by atoms with van der Waals surface area (Å²) in [7, 11) is -3.69. The Morgan fingerprint density at radius 2 is 1.45 bits per heavy atom. The molecule has 6 nitrogen and oxygen atoms in total. The van der Waals surface area contributed by atoms with Gasteiger partial charge in [-0.25, -0.2) is 8.42 Å². The highest BCUT2D eigenvalue weighted by Gasteiger charge is 2.35. The minimum absolute atomic E-state index is 0.0859. The second-order valence-corrected chi connectivity index (χ2v) is 11.0. The van der Waals surface area contributed by atoms with Crippen LogP contribution in [-0.2, 0) is 10.0 Å². The van der Waals surface area contributed by atoms with Gasteiger partial charge in [0.2, 0.25) is 10.0 Å². The van der Waals surface area contributed by atoms with Crippen molar-refractivity contribution < 1.29 is 17.6 Å². The molecule has 1 aliphatic heterocycles. The number of piperazine rings is 1. The first kappa shape index (κ1) is 23.5. The van der Waals surface area contributed by atoms with Gasteiger partial charge in [-0.2, -0.15) is 4.31 Å². The number of hydrogen-bond donors (Lipinski definition) is 0. The smallest absolute Gasteiger partial charge is 0.289 e. The van der Waals surface area contributed by atoms with Crippen molar-refractivity contribution in [2.45, 2.75) is 64.2 Å². The highest BCUT2D eigenvalue weighted by atomic mass is 32.2. The number of furan rings is 1. The number of benzene rings is 1. The van der Waals surface area contributed by atoms with Gasteiger partial charge in [0, 0.05) is 26.2 Å². The molecule has 0 aliphatic carbocycles. The molecule has 0 saturated carbocycles. The molecular weight excluding hydrogens is 412 g/mol. The van der Waals surface area contributed by atoms with Crippen LogP contribution in [0.5, 0.6) is 0 Å². The van der Waals surface area contributed by atoms with Gasteiger partial charge in [-0.3, -0.25) is 4.79 Å². The fourth-order valence-corrected chi connectivity index (χ4v) is 6.09. The summed E-state index contributed by atoms with van der Waals surface area (Å²) in [6.45, 7) is 13.7. The molecule has 7 heteroatoms. The molecule has 1 aromatic heterocycles. The van der Waals surface area contributed by atoms with Crippen molar-refractivity contribution in [1.82, 2.24) is 9.21 Å². The summed E-state index contributed by atoms with van der Waals surface area (Å²) in [4.78, 5) is 14.6. The first-order valence-corrected chi connectivity index (χ1v) is 12.5. The standard InChI is InChI=1S/C24H34N2O4S/c1-16(2)19-14-20(17(3)4)23(21(15-19)18(5)6)31(28,29)26-11-9-25(10-12-26)24(27)22-8-7-13-30-22/h7-8,13-18H,9-12H2,1-6H3. The van der Waals surface area contributed by atoms with Gasteiger partial charge in [0.25, 0.3) is 5.91 Å². The van der Waals surface area contributed by atoms with E-state index in [-0.39, 0.29) is 36.6 Å². The van der Waals surface area contributed by atoms with Crippen molar-refractivity contribution >= 4 is 15.9 Å². The van der Waals surface area contributed by atoms with Gasteiger partial charge >= 0.3 is 0 Å². The average Bonchev–Trinajstić information content (AvgIpc) is 3.27. The molecule has 1 aromatic carbocycles. The number of rotatable bonds is 6. The van der Waals surface area contributed by atoms with Gasteiger partial charge in [-0.1, -0.05) is 53.7 Å². The zero-order valence-corrected chi connectivity index (χ0v) is 20.2.